The van der Waals surface area contributed by atoms with Crippen LogP contribution in [0.1, 0.15) is 281 Å². The third-order valence-corrected chi connectivity index (χ3v) is 18.2. The first-order valence-corrected chi connectivity index (χ1v) is 31.9. The molecule has 8 rings (SSSR count). The van der Waals surface area contributed by atoms with Crippen molar-refractivity contribution in [3.05, 3.63) is 109 Å². The van der Waals surface area contributed by atoms with Crippen molar-refractivity contribution in [2.24, 2.45) is 0 Å². The Balaban J connectivity index is 0.000000439. The van der Waals surface area contributed by atoms with Crippen molar-refractivity contribution in [3.63, 3.8) is 0 Å². The zero-order chi connectivity index (χ0) is 56.2. The molecule has 74 heavy (non-hydrogen) atoms. The van der Waals surface area contributed by atoms with Crippen LogP contribution in [0.3, 0.4) is 0 Å². The molecule has 1 aliphatic rings. The van der Waals surface area contributed by atoms with Gasteiger partial charge in [-0.1, -0.05) is 144 Å². The van der Waals surface area contributed by atoms with Gasteiger partial charge in [-0.2, -0.15) is 0 Å². The lowest BCUT2D eigenvalue weighted by Gasteiger charge is -2.06. The van der Waals surface area contributed by atoms with E-state index in [0.29, 0.717) is 66.2 Å². The molecule has 15 heteroatoms. The van der Waals surface area contributed by atoms with Gasteiger partial charge < -0.3 is 0 Å². The maximum atomic E-state index is 11.4. The minimum absolute atomic E-state index is 0.137. The van der Waals surface area contributed by atoms with Crippen molar-refractivity contribution in [2.75, 3.05) is 0 Å². The summed E-state index contributed by atoms with van der Waals surface area (Å²) in [5.41, 5.74) is 4.98. The second kappa shape index (κ2) is 36.3. The summed E-state index contributed by atoms with van der Waals surface area (Å²) >= 11 is 10.2. The second-order valence-electron chi connectivity index (χ2n) is 18.8. The number of hydrogen-bond donors (Lipinski definition) is 0. The van der Waals surface area contributed by atoms with Crippen LogP contribution in [0.2, 0.25) is 0 Å². The highest BCUT2D eigenvalue weighted by Gasteiger charge is 2.17. The number of para-hydroxylation sites is 1. The van der Waals surface area contributed by atoms with Gasteiger partial charge in [-0.3, -0.25) is 14.4 Å². The highest BCUT2D eigenvalue weighted by molar-refractivity contribution is 7.18. The number of aryl methyl sites for hydroxylation is 4. The Bertz CT molecular complexity index is 2540. The van der Waals surface area contributed by atoms with Gasteiger partial charge >= 0.3 is 0 Å². The van der Waals surface area contributed by atoms with Crippen molar-refractivity contribution in [3.8, 4) is 0 Å². The molecule has 410 valence electrons. The van der Waals surface area contributed by atoms with E-state index in [1.165, 1.54) is 62.4 Å². The molecule has 0 radical (unpaired) electrons. The molecule has 0 bridgehead atoms. The molecule has 7 aromatic rings. The first-order valence-electron chi connectivity index (χ1n) is 26.8. The molecular formula is C59H90N6O3S6. The number of Topliss-reactive ketones (excluding diaryl/α,β-unsaturated/α-hetero) is 3. The van der Waals surface area contributed by atoms with Crippen LogP contribution >= 0.6 is 68.0 Å². The smallest absolute Gasteiger partial charge is 0.182 e. The standard InChI is InChI=1S/C10H15NOS.C10H15NS.C10H11NS.2C9H13NOS.C7H11NS.2C2H6/c1-5-8(12)9-7(4)13-10(11-9)6(2)3;2*1-7(2)10-11-8-5-3-4-6-9(8)12-10;1-4-8(11)7-5-12-9(10-7)6(2)3;1-4-7(11)8-5-10-9(12-8)6(2)3;1-5(2)7-8-6(3)4-9-7;2*1-2/h6H,5H2,1-4H3;7H,3-6H2,1-2H3;3-7H,1-2H3;2*5-6H,4H2,1-3H3;4-5H,1-3H3;2*1-2H3. The SMILES string of the molecule is CC.CC.CC(C)c1nc2c(s1)CCCC2.CC(C)c1nc2ccccc2s1.CCC(=O)c1cnc(C(C)C)s1.CCC(=O)c1csc(C(C)C)n1.CCC(=O)c1nc(C(C)C)sc1C.Cc1csc(C(C)C)n1. The predicted octanol–water partition coefficient (Wildman–Crippen LogP) is 20.1. The van der Waals surface area contributed by atoms with Gasteiger partial charge in [-0.05, 0) is 51.7 Å². The van der Waals surface area contributed by atoms with Gasteiger partial charge in [0.15, 0.2) is 17.3 Å². The predicted molar refractivity (Wildman–Crippen MR) is 327 cm³/mol. The molecule has 0 N–H and O–H groups in total. The Morgan fingerprint density at radius 1 is 0.514 bits per heavy atom. The number of aromatic nitrogens is 6. The van der Waals surface area contributed by atoms with Crippen molar-refractivity contribution < 1.29 is 14.4 Å². The van der Waals surface area contributed by atoms with Crippen molar-refractivity contribution >= 4 is 95.6 Å². The Hall–Kier alpha value is -3.73. The van der Waals surface area contributed by atoms with E-state index in [1.54, 1.807) is 56.4 Å². The molecule has 0 unspecified atom stereocenters. The van der Waals surface area contributed by atoms with Crippen LogP contribution in [-0.2, 0) is 12.8 Å². The summed E-state index contributed by atoms with van der Waals surface area (Å²) < 4.78 is 1.29. The molecule has 0 atom stereocenters. The van der Waals surface area contributed by atoms with E-state index in [4.69, 9.17) is 0 Å². The van der Waals surface area contributed by atoms with Crippen LogP contribution in [0.25, 0.3) is 10.2 Å². The van der Waals surface area contributed by atoms with E-state index < -0.39 is 0 Å². The number of carbonyl (C=O) groups excluding carboxylic acids is 3. The maximum absolute atomic E-state index is 11.4. The van der Waals surface area contributed by atoms with Crippen LogP contribution in [-0.4, -0.2) is 47.3 Å². The van der Waals surface area contributed by atoms with Crippen LogP contribution in [0.4, 0.5) is 0 Å². The van der Waals surface area contributed by atoms with Gasteiger partial charge in [0.05, 0.1) is 50.8 Å². The van der Waals surface area contributed by atoms with Gasteiger partial charge in [-0.15, -0.1) is 68.0 Å². The molecule has 0 amide bonds. The Morgan fingerprint density at radius 2 is 1.01 bits per heavy atom. The van der Waals surface area contributed by atoms with E-state index in [1.807, 2.05) is 85.1 Å². The van der Waals surface area contributed by atoms with E-state index >= 15 is 0 Å². The summed E-state index contributed by atoms with van der Waals surface area (Å²) in [5.74, 6) is 3.49. The molecule has 0 saturated carbocycles. The van der Waals surface area contributed by atoms with E-state index in [9.17, 15) is 14.4 Å². The molecule has 0 spiro atoms. The lowest BCUT2D eigenvalue weighted by atomic mass is 10.0. The lowest BCUT2D eigenvalue weighted by molar-refractivity contribution is 0.0975. The first-order chi connectivity index (χ1) is 35.1. The van der Waals surface area contributed by atoms with Gasteiger partial charge in [0.25, 0.3) is 0 Å². The molecule has 6 aromatic heterocycles. The fourth-order valence-electron chi connectivity index (χ4n) is 6.20. The monoisotopic (exact) mass is 1120 g/mol. The summed E-state index contributed by atoms with van der Waals surface area (Å²) in [5, 5.41) is 10.9. The fraction of sp³-hybridized carbons (Fsp3) is 0.576. The summed E-state index contributed by atoms with van der Waals surface area (Å²) in [6, 6.07) is 8.29. The van der Waals surface area contributed by atoms with Crippen LogP contribution in [0, 0.1) is 13.8 Å². The number of benzene rings is 1. The number of rotatable bonds is 12. The molecule has 1 aromatic carbocycles. The zero-order valence-corrected chi connectivity index (χ0v) is 53.7. The number of hydrogen-bond acceptors (Lipinski definition) is 15. The average Bonchev–Trinajstić information content (AvgIpc) is 4.26. The molecule has 1 aliphatic carbocycles. The number of ketones is 3. The maximum Gasteiger partial charge on any atom is 0.182 e. The Kier molecular flexibility index (Phi) is 33.5. The molecule has 9 nitrogen and oxygen atoms in total. The van der Waals surface area contributed by atoms with Gasteiger partial charge in [0.1, 0.15) is 11.4 Å². The highest BCUT2D eigenvalue weighted by Crippen LogP contribution is 2.31. The highest BCUT2D eigenvalue weighted by atomic mass is 32.1. The normalized spacial score (nSPS) is 11.3. The molecule has 0 fully saturated rings. The zero-order valence-electron chi connectivity index (χ0n) is 48.8. The summed E-state index contributed by atoms with van der Waals surface area (Å²) in [6.07, 6.45) is 8.55. The molecule has 0 saturated heterocycles. The minimum Gasteiger partial charge on any atom is -0.293 e. The average molecular weight is 1120 g/mol. The largest absolute Gasteiger partial charge is 0.293 e. The number of thiazole rings is 6. The topological polar surface area (TPSA) is 129 Å². The van der Waals surface area contributed by atoms with Crippen LogP contribution in [0.5, 0.6) is 0 Å². The van der Waals surface area contributed by atoms with E-state index in [0.717, 1.165) is 36.0 Å². The van der Waals surface area contributed by atoms with Gasteiger partial charge in [0, 0.05) is 87.2 Å². The number of carbonyl (C=O) groups is 3. The van der Waals surface area contributed by atoms with Crippen LogP contribution in [0.15, 0.2) is 41.2 Å². The summed E-state index contributed by atoms with van der Waals surface area (Å²) in [6.45, 7) is 43.3. The lowest BCUT2D eigenvalue weighted by Crippen LogP contribution is -1.99. The van der Waals surface area contributed by atoms with E-state index in [2.05, 4.69) is 137 Å². The second-order valence-corrected chi connectivity index (χ2v) is 25.1. The summed E-state index contributed by atoms with van der Waals surface area (Å²) in [7, 11) is 0. The summed E-state index contributed by atoms with van der Waals surface area (Å²) in [4.78, 5) is 63.5. The first kappa shape index (κ1) is 68.3. The van der Waals surface area contributed by atoms with Crippen molar-refractivity contribution in [1.82, 2.24) is 29.9 Å². The number of nitrogens with zero attached hydrogens (tertiary/aromatic N) is 6. The van der Waals surface area contributed by atoms with Crippen molar-refractivity contribution in [2.45, 2.75) is 226 Å². The third-order valence-electron chi connectivity index (χ3n) is 10.4. The van der Waals surface area contributed by atoms with Gasteiger partial charge in [0.2, 0.25) is 0 Å². The molecule has 0 aliphatic heterocycles. The Morgan fingerprint density at radius 3 is 1.46 bits per heavy atom. The van der Waals surface area contributed by atoms with Crippen LogP contribution < -0.4 is 0 Å². The van der Waals surface area contributed by atoms with Gasteiger partial charge in [-0.25, -0.2) is 29.9 Å². The fourth-order valence-corrected chi connectivity index (χ4v) is 11.9. The van der Waals surface area contributed by atoms with Crippen molar-refractivity contribution in [1.29, 1.82) is 0 Å². The third kappa shape index (κ3) is 23.3. The minimum atomic E-state index is 0.137. The Labute approximate surface area is 471 Å². The molecular weight excluding hydrogens is 1030 g/mol. The molecule has 6 heterocycles. The van der Waals surface area contributed by atoms with E-state index in [-0.39, 0.29) is 17.3 Å². The number of fused-ring (bicyclic) bond motifs is 2. The quantitative estimate of drug-likeness (QED) is 0.110.